The van der Waals surface area contributed by atoms with E-state index in [9.17, 15) is 4.79 Å². The summed E-state index contributed by atoms with van der Waals surface area (Å²) in [5.74, 6) is 0.394. The van der Waals surface area contributed by atoms with Crippen molar-refractivity contribution in [2.24, 2.45) is 0 Å². The first-order chi connectivity index (χ1) is 8.31. The summed E-state index contributed by atoms with van der Waals surface area (Å²) in [5, 5.41) is 1.15. The zero-order valence-corrected chi connectivity index (χ0v) is 10.4. The highest BCUT2D eigenvalue weighted by Gasteiger charge is 2.17. The first-order valence-corrected chi connectivity index (χ1v) is 6.71. The van der Waals surface area contributed by atoms with Crippen LogP contribution in [0.4, 0.5) is 0 Å². The fourth-order valence-electron chi connectivity index (χ4n) is 2.14. The minimum atomic E-state index is 0.394. The van der Waals surface area contributed by atoms with Crippen LogP contribution in [0.2, 0.25) is 0 Å². The Morgan fingerprint density at radius 2 is 2.00 bits per heavy atom. The lowest BCUT2D eigenvalue weighted by atomic mass is 10.1. The van der Waals surface area contributed by atoms with Gasteiger partial charge in [0.15, 0.2) is 0 Å². The average Bonchev–Trinajstić information content (AvgIpc) is 2.74. The van der Waals surface area contributed by atoms with Gasteiger partial charge in [0.2, 0.25) is 0 Å². The van der Waals surface area contributed by atoms with Crippen LogP contribution in [0, 0.1) is 0 Å². The Balaban J connectivity index is 1.74. The van der Waals surface area contributed by atoms with Gasteiger partial charge in [-0.15, -0.1) is 11.3 Å². The van der Waals surface area contributed by atoms with E-state index in [4.69, 9.17) is 0 Å². The second-order valence-corrected chi connectivity index (χ2v) is 5.51. The van der Waals surface area contributed by atoms with Gasteiger partial charge in [0.05, 0.1) is 16.8 Å². The van der Waals surface area contributed by atoms with Gasteiger partial charge in [-0.05, 0) is 12.1 Å². The van der Waals surface area contributed by atoms with Crippen molar-refractivity contribution in [1.82, 2.24) is 9.88 Å². The van der Waals surface area contributed by atoms with Crippen molar-refractivity contribution in [3.63, 3.8) is 0 Å². The molecule has 0 saturated carbocycles. The van der Waals surface area contributed by atoms with Crippen molar-refractivity contribution in [1.29, 1.82) is 0 Å². The highest BCUT2D eigenvalue weighted by molar-refractivity contribution is 7.18. The maximum Gasteiger partial charge on any atom is 0.135 e. The normalized spacial score (nSPS) is 17.8. The van der Waals surface area contributed by atoms with E-state index in [0.29, 0.717) is 18.6 Å². The standard InChI is InChI=1S/C13H14N2OS/c16-10-5-7-15(8-6-10)9-13-14-11-3-1-2-4-12(11)17-13/h1-4H,5-9H2. The minimum absolute atomic E-state index is 0.394. The quantitative estimate of drug-likeness (QED) is 0.816. The van der Waals surface area contributed by atoms with Gasteiger partial charge in [-0.25, -0.2) is 4.98 Å². The molecular weight excluding hydrogens is 232 g/mol. The Morgan fingerprint density at radius 3 is 2.76 bits per heavy atom. The molecule has 0 radical (unpaired) electrons. The number of ketones is 1. The Bertz CT molecular complexity index is 506. The molecule has 88 valence electrons. The molecule has 1 aromatic carbocycles. The lowest BCUT2D eigenvalue weighted by molar-refractivity contribution is -0.121. The molecule has 17 heavy (non-hydrogen) atoms. The Kier molecular flexibility index (Phi) is 2.91. The molecule has 2 heterocycles. The zero-order valence-electron chi connectivity index (χ0n) is 9.56. The van der Waals surface area contributed by atoms with Gasteiger partial charge in [0.25, 0.3) is 0 Å². The van der Waals surface area contributed by atoms with E-state index in [0.717, 1.165) is 30.2 Å². The van der Waals surface area contributed by atoms with Crippen LogP contribution in [0.5, 0.6) is 0 Å². The molecule has 0 N–H and O–H groups in total. The Hall–Kier alpha value is -1.26. The molecule has 3 nitrogen and oxygen atoms in total. The van der Waals surface area contributed by atoms with Gasteiger partial charge in [0.1, 0.15) is 10.8 Å². The fourth-order valence-corrected chi connectivity index (χ4v) is 3.15. The van der Waals surface area contributed by atoms with Crippen LogP contribution in [-0.2, 0) is 11.3 Å². The highest BCUT2D eigenvalue weighted by atomic mass is 32.1. The van der Waals surface area contributed by atoms with E-state index in [2.05, 4.69) is 22.0 Å². The summed E-state index contributed by atoms with van der Waals surface area (Å²) in [6.07, 6.45) is 1.40. The predicted octanol–water partition coefficient (Wildman–Crippen LogP) is 2.46. The molecule has 1 saturated heterocycles. The first-order valence-electron chi connectivity index (χ1n) is 5.90. The maximum atomic E-state index is 11.2. The number of Topliss-reactive ketones (excluding diaryl/α,β-unsaturated/α-hetero) is 1. The second-order valence-electron chi connectivity index (χ2n) is 4.39. The monoisotopic (exact) mass is 246 g/mol. The fraction of sp³-hybridized carbons (Fsp3) is 0.385. The number of piperidine rings is 1. The van der Waals surface area contributed by atoms with E-state index in [1.54, 1.807) is 11.3 Å². The zero-order chi connectivity index (χ0) is 11.7. The molecule has 0 aliphatic carbocycles. The predicted molar refractivity (Wildman–Crippen MR) is 69.1 cm³/mol. The number of hydrogen-bond acceptors (Lipinski definition) is 4. The van der Waals surface area contributed by atoms with Gasteiger partial charge in [-0.1, -0.05) is 12.1 Å². The number of hydrogen-bond donors (Lipinski definition) is 0. The third-order valence-corrected chi connectivity index (χ3v) is 4.13. The molecule has 0 atom stereocenters. The van der Waals surface area contributed by atoms with Crippen LogP contribution in [0.1, 0.15) is 17.8 Å². The van der Waals surface area contributed by atoms with E-state index in [1.165, 1.54) is 4.70 Å². The van der Waals surface area contributed by atoms with Crippen molar-refractivity contribution < 1.29 is 4.79 Å². The van der Waals surface area contributed by atoms with Crippen molar-refractivity contribution in [2.45, 2.75) is 19.4 Å². The van der Waals surface area contributed by atoms with Crippen LogP contribution in [0.15, 0.2) is 24.3 Å². The lowest BCUT2D eigenvalue weighted by Gasteiger charge is -2.24. The summed E-state index contributed by atoms with van der Waals surface area (Å²) in [6, 6.07) is 8.22. The average molecular weight is 246 g/mol. The largest absolute Gasteiger partial charge is 0.300 e. The molecular formula is C13H14N2OS. The molecule has 1 fully saturated rings. The molecule has 3 rings (SSSR count). The highest BCUT2D eigenvalue weighted by Crippen LogP contribution is 2.23. The molecule has 0 amide bonds. The van der Waals surface area contributed by atoms with Gasteiger partial charge in [-0.2, -0.15) is 0 Å². The molecule has 1 aliphatic heterocycles. The summed E-state index contributed by atoms with van der Waals surface area (Å²) in [7, 11) is 0. The molecule has 2 aromatic rings. The smallest absolute Gasteiger partial charge is 0.135 e. The summed E-state index contributed by atoms with van der Waals surface area (Å²) in [5.41, 5.74) is 1.08. The van der Waals surface area contributed by atoms with Crippen LogP contribution in [0.3, 0.4) is 0 Å². The maximum absolute atomic E-state index is 11.2. The molecule has 4 heteroatoms. The van der Waals surface area contributed by atoms with Crippen LogP contribution >= 0.6 is 11.3 Å². The van der Waals surface area contributed by atoms with Crippen molar-refractivity contribution >= 4 is 27.3 Å². The Labute approximate surface area is 104 Å². The number of carbonyl (C=O) groups is 1. The van der Waals surface area contributed by atoms with Gasteiger partial charge in [-0.3, -0.25) is 9.69 Å². The number of rotatable bonds is 2. The lowest BCUT2D eigenvalue weighted by Crippen LogP contribution is -2.33. The second kappa shape index (κ2) is 4.55. The number of nitrogens with zero attached hydrogens (tertiary/aromatic N) is 2. The third-order valence-electron chi connectivity index (χ3n) is 3.11. The number of fused-ring (bicyclic) bond motifs is 1. The number of benzene rings is 1. The topological polar surface area (TPSA) is 33.2 Å². The van der Waals surface area contributed by atoms with Crippen molar-refractivity contribution in [2.75, 3.05) is 13.1 Å². The van der Waals surface area contributed by atoms with Crippen molar-refractivity contribution in [3.05, 3.63) is 29.3 Å². The Morgan fingerprint density at radius 1 is 1.24 bits per heavy atom. The molecule has 1 aliphatic rings. The summed E-state index contributed by atoms with van der Waals surface area (Å²) in [6.45, 7) is 2.65. The molecule has 0 bridgehead atoms. The SMILES string of the molecule is O=C1CCN(Cc2nc3ccccc3s2)CC1. The molecule has 0 unspecified atom stereocenters. The van der Waals surface area contributed by atoms with E-state index >= 15 is 0 Å². The van der Waals surface area contributed by atoms with Gasteiger partial charge < -0.3 is 0 Å². The van der Waals surface area contributed by atoms with E-state index in [-0.39, 0.29) is 0 Å². The summed E-state index contributed by atoms with van der Waals surface area (Å²) in [4.78, 5) is 18.1. The number of carbonyl (C=O) groups excluding carboxylic acids is 1. The molecule has 0 spiro atoms. The van der Waals surface area contributed by atoms with Crippen LogP contribution < -0.4 is 0 Å². The number of para-hydroxylation sites is 1. The number of aromatic nitrogens is 1. The minimum Gasteiger partial charge on any atom is -0.300 e. The van der Waals surface area contributed by atoms with Crippen LogP contribution in [0.25, 0.3) is 10.2 Å². The van der Waals surface area contributed by atoms with Crippen molar-refractivity contribution in [3.8, 4) is 0 Å². The van der Waals surface area contributed by atoms with Gasteiger partial charge in [0, 0.05) is 25.9 Å². The van der Waals surface area contributed by atoms with E-state index < -0.39 is 0 Å². The van der Waals surface area contributed by atoms with Crippen LogP contribution in [-0.4, -0.2) is 28.8 Å². The summed E-state index contributed by atoms with van der Waals surface area (Å²) >= 11 is 1.75. The third kappa shape index (κ3) is 2.37. The number of likely N-dealkylation sites (tertiary alicyclic amines) is 1. The van der Waals surface area contributed by atoms with Gasteiger partial charge >= 0.3 is 0 Å². The molecule has 1 aromatic heterocycles. The van der Waals surface area contributed by atoms with E-state index in [1.807, 2.05) is 12.1 Å². The first kappa shape index (κ1) is 10.9. The summed E-state index contributed by atoms with van der Waals surface area (Å²) < 4.78 is 1.25. The number of thiazole rings is 1.